The Bertz CT molecular complexity index is 1370. The number of hydrogen-bond acceptors (Lipinski definition) is 10. The highest BCUT2D eigenvalue weighted by Gasteiger charge is 2.23. The van der Waals surface area contributed by atoms with Gasteiger partial charge in [-0.25, -0.2) is 0 Å². The Morgan fingerprint density at radius 3 is 2.44 bits per heavy atom. The summed E-state index contributed by atoms with van der Waals surface area (Å²) in [6.45, 7) is 1.87. The summed E-state index contributed by atoms with van der Waals surface area (Å²) in [4.78, 5) is 12.3. The number of aromatic nitrogens is 4. The summed E-state index contributed by atoms with van der Waals surface area (Å²) >= 11 is 1.80. The van der Waals surface area contributed by atoms with Crippen LogP contribution >= 0.6 is 22.7 Å². The second-order valence-corrected chi connectivity index (χ2v) is 10.3. The Morgan fingerprint density at radius 2 is 1.72 bits per heavy atom. The lowest BCUT2D eigenvalue weighted by Gasteiger charge is -2.02. The molecule has 13 heteroatoms. The Kier molecular flexibility index (Phi) is 6.12. The van der Waals surface area contributed by atoms with Gasteiger partial charge in [-0.3, -0.25) is 14.8 Å². The van der Waals surface area contributed by atoms with Gasteiger partial charge in [0, 0.05) is 11.1 Å². The lowest BCUT2D eigenvalue weighted by molar-refractivity contribution is 0.102. The number of aryl methyl sites for hydroxylation is 1. The molecule has 32 heavy (non-hydrogen) atoms. The molecule has 1 amide bonds. The summed E-state index contributed by atoms with van der Waals surface area (Å²) in [5, 5.41) is 18.6. The number of carbonyl (C=O) groups is 1. The van der Waals surface area contributed by atoms with Gasteiger partial charge in [-0.1, -0.05) is 40.4 Å². The molecule has 2 aromatic carbocycles. The second-order valence-electron chi connectivity index (χ2n) is 6.44. The van der Waals surface area contributed by atoms with E-state index in [0.29, 0.717) is 16.3 Å². The van der Waals surface area contributed by atoms with E-state index in [1.165, 1.54) is 0 Å². The van der Waals surface area contributed by atoms with Crippen molar-refractivity contribution in [3.8, 4) is 16.3 Å². The summed E-state index contributed by atoms with van der Waals surface area (Å²) in [6, 6.07) is 14.1. The first-order chi connectivity index (χ1) is 15.3. The van der Waals surface area contributed by atoms with Gasteiger partial charge in [0.15, 0.2) is 0 Å². The molecule has 0 bridgehead atoms. The molecule has 2 aromatic heterocycles. The molecule has 0 aliphatic heterocycles. The number of nitrogens with one attached hydrogen (secondary N) is 2. The van der Waals surface area contributed by atoms with Crippen LogP contribution in [0.15, 0.2) is 52.9 Å². The summed E-state index contributed by atoms with van der Waals surface area (Å²) in [5.74, 6) is 0.288. The van der Waals surface area contributed by atoms with Crippen molar-refractivity contribution in [3.63, 3.8) is 0 Å². The molecule has 0 atom stereocenters. The predicted molar refractivity (Wildman–Crippen MR) is 122 cm³/mol. The highest BCUT2D eigenvalue weighted by molar-refractivity contribution is 7.94. The third kappa shape index (κ3) is 4.90. The predicted octanol–water partition coefficient (Wildman–Crippen LogP) is 3.43. The first-order valence-electron chi connectivity index (χ1n) is 9.06. The van der Waals surface area contributed by atoms with Gasteiger partial charge in [0.2, 0.25) is 10.3 Å². The molecule has 164 valence electrons. The minimum absolute atomic E-state index is 0.0630. The maximum absolute atomic E-state index is 12.7. The molecule has 10 nitrogen and oxygen atoms in total. The SMILES string of the molecule is COc1ccc(-c2nnc(NS(=O)(=O)c3nnc(NC(=O)c4cccc(C)c4)s3)s2)cc1. The monoisotopic (exact) mass is 488 g/mol. The zero-order valence-electron chi connectivity index (χ0n) is 16.8. The number of ether oxygens (including phenoxy) is 1. The first-order valence-corrected chi connectivity index (χ1v) is 12.2. The van der Waals surface area contributed by atoms with Crippen LogP contribution in [0.5, 0.6) is 5.75 Å². The Morgan fingerprint density at radius 1 is 0.969 bits per heavy atom. The molecule has 2 heterocycles. The minimum atomic E-state index is -4.05. The number of rotatable bonds is 7. The first kappa shape index (κ1) is 21.8. The molecule has 0 saturated carbocycles. The van der Waals surface area contributed by atoms with Gasteiger partial charge >= 0.3 is 0 Å². The number of hydrogen-bond donors (Lipinski definition) is 2. The molecule has 4 aromatic rings. The fourth-order valence-electron chi connectivity index (χ4n) is 2.60. The number of anilines is 2. The molecule has 0 radical (unpaired) electrons. The van der Waals surface area contributed by atoms with Gasteiger partial charge < -0.3 is 4.74 Å². The Balaban J connectivity index is 1.46. The van der Waals surface area contributed by atoms with Gasteiger partial charge in [0.1, 0.15) is 10.8 Å². The lowest BCUT2D eigenvalue weighted by atomic mass is 10.1. The molecule has 4 rings (SSSR count). The van der Waals surface area contributed by atoms with Gasteiger partial charge in [-0.05, 0) is 43.3 Å². The van der Waals surface area contributed by atoms with Crippen molar-refractivity contribution >= 4 is 48.9 Å². The third-order valence-electron chi connectivity index (χ3n) is 4.12. The van der Waals surface area contributed by atoms with Crippen molar-refractivity contribution in [1.82, 2.24) is 20.4 Å². The zero-order chi connectivity index (χ0) is 22.7. The molecule has 2 N–H and O–H groups in total. The van der Waals surface area contributed by atoms with Crippen LogP contribution in [0.3, 0.4) is 0 Å². The van der Waals surface area contributed by atoms with Crippen LogP contribution in [-0.4, -0.2) is 41.8 Å². The van der Waals surface area contributed by atoms with E-state index in [-0.39, 0.29) is 14.6 Å². The third-order valence-corrected chi connectivity index (χ3v) is 7.68. The van der Waals surface area contributed by atoms with Crippen LogP contribution in [0, 0.1) is 6.92 Å². The number of carbonyl (C=O) groups excluding carboxylic acids is 1. The average molecular weight is 489 g/mol. The van der Waals surface area contributed by atoms with E-state index in [4.69, 9.17) is 4.74 Å². The Hall–Kier alpha value is -3.42. The molecular formula is C19H16N6O4S3. The summed E-state index contributed by atoms with van der Waals surface area (Å²) in [6.07, 6.45) is 0. The quantitative estimate of drug-likeness (QED) is 0.378. The smallest absolute Gasteiger partial charge is 0.293 e. The maximum atomic E-state index is 12.7. The van der Waals surface area contributed by atoms with Crippen molar-refractivity contribution in [3.05, 3.63) is 59.7 Å². The van der Waals surface area contributed by atoms with Crippen LogP contribution < -0.4 is 14.8 Å². The minimum Gasteiger partial charge on any atom is -0.497 e. The van der Waals surface area contributed by atoms with Gasteiger partial charge in [0.05, 0.1) is 7.11 Å². The highest BCUT2D eigenvalue weighted by atomic mass is 32.2. The van der Waals surface area contributed by atoms with E-state index in [1.807, 2.05) is 13.0 Å². The summed E-state index contributed by atoms with van der Waals surface area (Å²) in [5.41, 5.74) is 2.13. The largest absolute Gasteiger partial charge is 0.497 e. The molecule has 0 aliphatic carbocycles. The molecule has 0 fully saturated rings. The average Bonchev–Trinajstić information content (AvgIpc) is 3.44. The van der Waals surface area contributed by atoms with Crippen LogP contribution in [-0.2, 0) is 10.0 Å². The van der Waals surface area contributed by atoms with Crippen molar-refractivity contribution < 1.29 is 17.9 Å². The fraction of sp³-hybridized carbons (Fsp3) is 0.105. The van der Waals surface area contributed by atoms with Crippen molar-refractivity contribution in [2.75, 3.05) is 17.1 Å². The van der Waals surface area contributed by atoms with Crippen molar-refractivity contribution in [2.45, 2.75) is 11.3 Å². The molecule has 0 spiro atoms. The van der Waals surface area contributed by atoms with Gasteiger partial charge in [0.25, 0.3) is 20.3 Å². The number of sulfonamides is 1. The van der Waals surface area contributed by atoms with Crippen molar-refractivity contribution in [2.24, 2.45) is 0 Å². The van der Waals surface area contributed by atoms with E-state index in [0.717, 1.165) is 33.8 Å². The van der Waals surface area contributed by atoms with Crippen LogP contribution in [0.4, 0.5) is 10.3 Å². The number of methoxy groups -OCH3 is 1. The highest BCUT2D eigenvalue weighted by Crippen LogP contribution is 2.30. The summed E-state index contributed by atoms with van der Waals surface area (Å²) in [7, 11) is -2.48. The molecule has 0 unspecified atom stereocenters. The molecular weight excluding hydrogens is 472 g/mol. The van der Waals surface area contributed by atoms with Crippen LogP contribution in [0.2, 0.25) is 0 Å². The van der Waals surface area contributed by atoms with Crippen molar-refractivity contribution in [1.29, 1.82) is 0 Å². The second kappa shape index (κ2) is 8.98. The zero-order valence-corrected chi connectivity index (χ0v) is 19.2. The van der Waals surface area contributed by atoms with E-state index in [9.17, 15) is 13.2 Å². The van der Waals surface area contributed by atoms with E-state index < -0.39 is 15.9 Å². The number of benzene rings is 2. The molecule has 0 saturated heterocycles. The van der Waals surface area contributed by atoms with E-state index in [1.54, 1.807) is 49.6 Å². The fourth-order valence-corrected chi connectivity index (χ4v) is 5.47. The standard InChI is InChI=1S/C19H16N6O4S3/c1-11-4-3-5-13(10-11)15(26)20-17-22-24-19(31-17)32(27,28)25-18-23-21-16(30-18)12-6-8-14(29-2)9-7-12/h3-10H,1-2H3,(H,23,25)(H,20,22,26). The topological polar surface area (TPSA) is 136 Å². The van der Waals surface area contributed by atoms with E-state index in [2.05, 4.69) is 30.4 Å². The van der Waals surface area contributed by atoms with Crippen LogP contribution in [0.1, 0.15) is 15.9 Å². The molecule has 0 aliphatic rings. The van der Waals surface area contributed by atoms with Gasteiger partial charge in [-0.2, -0.15) is 8.42 Å². The normalized spacial score (nSPS) is 11.2. The van der Waals surface area contributed by atoms with Gasteiger partial charge in [-0.15, -0.1) is 20.4 Å². The maximum Gasteiger partial charge on any atom is 0.293 e. The van der Waals surface area contributed by atoms with Crippen LogP contribution in [0.25, 0.3) is 10.6 Å². The summed E-state index contributed by atoms with van der Waals surface area (Å²) < 4.78 is 32.5. The Labute approximate surface area is 191 Å². The number of nitrogens with zero attached hydrogens (tertiary/aromatic N) is 4. The van der Waals surface area contributed by atoms with E-state index >= 15 is 0 Å². The number of amides is 1. The lowest BCUT2D eigenvalue weighted by Crippen LogP contribution is -2.12.